The van der Waals surface area contributed by atoms with Crippen LogP contribution in [0.5, 0.6) is 11.5 Å². The number of fused-ring (bicyclic) bond motifs is 2. The van der Waals surface area contributed by atoms with Crippen molar-refractivity contribution in [1.82, 2.24) is 0 Å². The quantitative estimate of drug-likeness (QED) is 0.0889. The van der Waals surface area contributed by atoms with E-state index in [4.69, 9.17) is 20.3 Å². The van der Waals surface area contributed by atoms with Gasteiger partial charge in [-0.2, -0.15) is 0 Å². The molecule has 0 aromatic heterocycles. The highest BCUT2D eigenvalue weighted by Crippen LogP contribution is 2.33. The molecule has 0 spiro atoms. The molecule has 300 valence electrons. The summed E-state index contributed by atoms with van der Waals surface area (Å²) in [6.45, 7) is 3.62. The van der Waals surface area contributed by atoms with Crippen molar-refractivity contribution in [3.05, 3.63) is 155 Å². The van der Waals surface area contributed by atoms with Gasteiger partial charge < -0.3 is 36.3 Å². The van der Waals surface area contributed by atoms with E-state index in [1.54, 1.807) is 38.3 Å². The number of ketones is 2. The number of methoxy groups -OCH3 is 2. The molecule has 59 heavy (non-hydrogen) atoms. The molecule has 6 aromatic rings. The average Bonchev–Trinajstić information content (AvgIpc) is 3.75. The van der Waals surface area contributed by atoms with Crippen molar-refractivity contribution in [3.63, 3.8) is 0 Å². The van der Waals surface area contributed by atoms with E-state index in [2.05, 4.69) is 28.1 Å². The highest BCUT2D eigenvalue weighted by Gasteiger charge is 2.22. The van der Waals surface area contributed by atoms with Crippen molar-refractivity contribution in [2.45, 2.75) is 39.5 Å². The van der Waals surface area contributed by atoms with E-state index in [9.17, 15) is 19.2 Å². The van der Waals surface area contributed by atoms with Crippen LogP contribution in [-0.2, 0) is 9.59 Å². The molecule has 0 radical (unpaired) electrons. The van der Waals surface area contributed by atoms with Gasteiger partial charge in [0.1, 0.15) is 11.5 Å². The Balaban J connectivity index is 0.000000166. The van der Waals surface area contributed by atoms with E-state index in [-0.39, 0.29) is 23.0 Å². The number of benzene rings is 6. The number of nitrogens with two attached hydrogens (primary N) is 1. The third-order valence-electron chi connectivity index (χ3n) is 10.3. The zero-order chi connectivity index (χ0) is 42.1. The topological polar surface area (TPSA) is 169 Å². The first kappa shape index (κ1) is 41.2. The van der Waals surface area contributed by atoms with Gasteiger partial charge >= 0.3 is 5.97 Å². The zero-order valence-corrected chi connectivity index (χ0v) is 33.3. The maximum atomic E-state index is 12.8. The SMILES string of the molecule is COc1cc(C(=O)Nc2cccc3ccccc23)ccc1NC1=C(C)C(=O)CC1.COc1cc(C(=O)O)ccc1NC1=C(C)C(=O)CC1.Nc1cccc2ccccc12. The van der Waals surface area contributed by atoms with Crippen molar-refractivity contribution in [2.24, 2.45) is 0 Å². The predicted molar refractivity (Wildman–Crippen MR) is 234 cm³/mol. The number of hydrogen-bond donors (Lipinski definition) is 5. The molecule has 11 heteroatoms. The van der Waals surface area contributed by atoms with Crippen LogP contribution in [0.15, 0.2) is 144 Å². The van der Waals surface area contributed by atoms with Crippen LogP contribution >= 0.6 is 0 Å². The van der Waals surface area contributed by atoms with Crippen molar-refractivity contribution in [1.29, 1.82) is 0 Å². The average molecular weight is 791 g/mol. The van der Waals surface area contributed by atoms with Crippen molar-refractivity contribution in [2.75, 3.05) is 35.9 Å². The Kier molecular flexibility index (Phi) is 13.1. The highest BCUT2D eigenvalue weighted by atomic mass is 16.5. The smallest absolute Gasteiger partial charge is 0.335 e. The number of allylic oxidation sites excluding steroid dienone is 4. The number of carboxylic acids is 1. The Morgan fingerprint density at radius 2 is 1.05 bits per heavy atom. The molecule has 0 atom stereocenters. The van der Waals surface area contributed by atoms with E-state index in [1.165, 1.54) is 24.6 Å². The zero-order valence-electron chi connectivity index (χ0n) is 33.3. The number of amides is 1. The van der Waals surface area contributed by atoms with Gasteiger partial charge in [0, 0.05) is 63.1 Å². The summed E-state index contributed by atoms with van der Waals surface area (Å²) < 4.78 is 10.7. The summed E-state index contributed by atoms with van der Waals surface area (Å²) in [4.78, 5) is 46.9. The molecular formula is C48H46N4O7. The number of hydrogen-bond acceptors (Lipinski definition) is 9. The first-order valence-electron chi connectivity index (χ1n) is 19.1. The summed E-state index contributed by atoms with van der Waals surface area (Å²) >= 11 is 0. The Morgan fingerprint density at radius 1 is 0.576 bits per heavy atom. The van der Waals surface area contributed by atoms with E-state index in [0.717, 1.165) is 55.8 Å². The lowest BCUT2D eigenvalue weighted by Crippen LogP contribution is -2.12. The lowest BCUT2D eigenvalue weighted by atomic mass is 10.1. The van der Waals surface area contributed by atoms with Crippen molar-refractivity contribution in [3.8, 4) is 11.5 Å². The number of Topliss-reactive ketones (excluding diaryl/α,β-unsaturated/α-hetero) is 2. The summed E-state index contributed by atoms with van der Waals surface area (Å²) in [5, 5.41) is 22.7. The molecule has 11 nitrogen and oxygen atoms in total. The number of anilines is 4. The van der Waals surface area contributed by atoms with Crippen LogP contribution < -0.4 is 31.2 Å². The molecule has 0 saturated heterocycles. The fourth-order valence-electron chi connectivity index (χ4n) is 6.84. The molecule has 8 rings (SSSR count). The van der Waals surface area contributed by atoms with Gasteiger partial charge in [-0.05, 0) is 86.0 Å². The monoisotopic (exact) mass is 790 g/mol. The Hall–Kier alpha value is -7.40. The van der Waals surface area contributed by atoms with Gasteiger partial charge in [0.25, 0.3) is 5.91 Å². The van der Waals surface area contributed by atoms with Crippen LogP contribution in [0, 0.1) is 0 Å². The third-order valence-corrected chi connectivity index (χ3v) is 10.3. The Bertz CT molecular complexity index is 2640. The van der Waals surface area contributed by atoms with E-state index < -0.39 is 5.97 Å². The predicted octanol–water partition coefficient (Wildman–Crippen LogP) is 10.0. The largest absolute Gasteiger partial charge is 0.495 e. The van der Waals surface area contributed by atoms with Crippen LogP contribution in [0.1, 0.15) is 60.2 Å². The normalized spacial score (nSPS) is 13.4. The molecule has 0 fully saturated rings. The van der Waals surface area contributed by atoms with Crippen LogP contribution in [0.4, 0.5) is 22.7 Å². The number of rotatable bonds is 9. The standard InChI is InChI=1S/C24H22N2O3.C14H15NO4.C10H9N/c1-15-19(12-13-22(15)27)25-21-11-10-17(14-23(21)29-2)24(28)26-20-9-5-7-16-6-3-4-8-18(16)20;1-8-10(5-6-12(8)16)15-11-4-3-9(14(17)18)7-13(11)19-2;11-10-7-3-5-8-4-1-2-6-9(8)10/h3-11,14,25H,12-13H2,1-2H3,(H,26,28);3-4,7,15H,5-6H2,1-2H3,(H,17,18);1-7H,11H2. The Labute approximate surface area is 342 Å². The number of nitrogens with one attached hydrogen (secondary N) is 3. The van der Waals surface area contributed by atoms with E-state index in [1.807, 2.05) is 79.7 Å². The molecule has 0 saturated carbocycles. The number of ether oxygens (including phenoxy) is 2. The minimum absolute atomic E-state index is 0.142. The van der Waals surface area contributed by atoms with Gasteiger partial charge in [-0.15, -0.1) is 0 Å². The van der Waals surface area contributed by atoms with Gasteiger partial charge in [0.05, 0.1) is 31.2 Å². The summed E-state index contributed by atoms with van der Waals surface area (Å²) in [6, 6.07) is 37.7. The second-order valence-corrected chi connectivity index (χ2v) is 14.0. The Morgan fingerprint density at radius 3 is 1.56 bits per heavy atom. The maximum Gasteiger partial charge on any atom is 0.335 e. The van der Waals surface area contributed by atoms with Crippen molar-refractivity contribution >= 4 is 67.7 Å². The summed E-state index contributed by atoms with van der Waals surface area (Å²) in [5.74, 6) is 0.0878. The first-order valence-corrected chi connectivity index (χ1v) is 19.1. The fourth-order valence-corrected chi connectivity index (χ4v) is 6.84. The minimum Gasteiger partial charge on any atom is -0.495 e. The van der Waals surface area contributed by atoms with Crippen LogP contribution in [0.2, 0.25) is 0 Å². The highest BCUT2D eigenvalue weighted by molar-refractivity contribution is 6.09. The molecule has 0 unspecified atom stereocenters. The molecule has 6 aromatic carbocycles. The first-order chi connectivity index (χ1) is 28.5. The third kappa shape index (κ3) is 9.77. The molecule has 2 aliphatic rings. The summed E-state index contributed by atoms with van der Waals surface area (Å²) in [7, 11) is 3.04. The number of carboxylic acid groups (broad SMARTS) is 1. The summed E-state index contributed by atoms with van der Waals surface area (Å²) in [5.41, 5.74) is 12.7. The van der Waals surface area contributed by atoms with Crippen LogP contribution in [0.3, 0.4) is 0 Å². The molecular weight excluding hydrogens is 745 g/mol. The van der Waals surface area contributed by atoms with Gasteiger partial charge in [-0.25, -0.2) is 4.79 Å². The van der Waals surface area contributed by atoms with Crippen molar-refractivity contribution < 1.29 is 33.8 Å². The van der Waals surface area contributed by atoms with Gasteiger partial charge in [-0.3, -0.25) is 14.4 Å². The molecule has 0 aliphatic heterocycles. The molecule has 0 bridgehead atoms. The molecule has 6 N–H and O–H groups in total. The number of carbonyl (C=O) groups is 4. The summed E-state index contributed by atoms with van der Waals surface area (Å²) in [6.07, 6.45) is 2.41. The lowest BCUT2D eigenvalue weighted by Gasteiger charge is -2.14. The van der Waals surface area contributed by atoms with Gasteiger partial charge in [-0.1, -0.05) is 72.8 Å². The number of aromatic carboxylic acids is 1. The maximum absolute atomic E-state index is 12.8. The second-order valence-electron chi connectivity index (χ2n) is 14.0. The van der Waals surface area contributed by atoms with E-state index in [0.29, 0.717) is 48.4 Å². The molecule has 1 amide bonds. The lowest BCUT2D eigenvalue weighted by molar-refractivity contribution is -0.115. The van der Waals surface area contributed by atoms with E-state index >= 15 is 0 Å². The molecule has 0 heterocycles. The number of carbonyl (C=O) groups excluding carboxylic acids is 3. The van der Waals surface area contributed by atoms with Gasteiger partial charge in [0.15, 0.2) is 11.6 Å². The number of nitrogen functional groups attached to an aromatic ring is 1. The minimum atomic E-state index is -1.00. The van der Waals surface area contributed by atoms with Gasteiger partial charge in [0.2, 0.25) is 0 Å². The van der Waals surface area contributed by atoms with Crippen LogP contribution in [-0.4, -0.2) is 42.8 Å². The molecule has 2 aliphatic carbocycles. The second kappa shape index (κ2) is 18.7. The fraction of sp³-hybridized carbons (Fsp3) is 0.167. The van der Waals surface area contributed by atoms with Crippen LogP contribution in [0.25, 0.3) is 21.5 Å².